The number of aryl methyl sites for hydroxylation is 1. The number of carbonyl (C=O) groups is 4. The zero-order valence-electron chi connectivity index (χ0n) is 42.7. The molecule has 3 amide bonds. The number of fused-ring (bicyclic) bond motifs is 5. The van der Waals surface area contributed by atoms with E-state index >= 15 is 0 Å². The van der Waals surface area contributed by atoms with Crippen LogP contribution in [0.25, 0.3) is 33.7 Å². The first-order valence-electron chi connectivity index (χ1n) is 25.8. The Morgan fingerprint density at radius 1 is 0.973 bits per heavy atom. The number of cyclic esters (lactones) is 1. The van der Waals surface area contributed by atoms with Gasteiger partial charge in [0.25, 0.3) is 11.5 Å². The predicted octanol–water partition coefficient (Wildman–Crippen LogP) is 6.06. The molecular weight excluding hydrogens is 947 g/mol. The van der Waals surface area contributed by atoms with Crippen LogP contribution < -0.4 is 15.6 Å². The van der Waals surface area contributed by atoms with Gasteiger partial charge >= 0.3 is 12.1 Å². The number of piperidine rings is 1. The normalized spacial score (nSPS) is 20.8. The number of phenols is 2. The summed E-state index contributed by atoms with van der Waals surface area (Å²) in [5.74, 6) is -0.570. The number of likely N-dealkylation sites (tertiary alicyclic amines) is 1. The third-order valence-corrected chi connectivity index (χ3v) is 15.6. The number of nitrogens with zero attached hydrogens (tertiary/aromatic N) is 8. The van der Waals surface area contributed by atoms with E-state index in [1.54, 1.807) is 45.2 Å². The maximum absolute atomic E-state index is 14.0. The summed E-state index contributed by atoms with van der Waals surface area (Å²) in [6.07, 6.45) is 8.37. The molecule has 3 aromatic heterocycles. The molecule has 5 aromatic rings. The van der Waals surface area contributed by atoms with Gasteiger partial charge in [0.05, 0.1) is 40.6 Å². The summed E-state index contributed by atoms with van der Waals surface area (Å²) in [5, 5.41) is 45.0. The molecule has 1 aliphatic carbocycles. The molecule has 4 aliphatic heterocycles. The van der Waals surface area contributed by atoms with E-state index < -0.39 is 17.7 Å². The van der Waals surface area contributed by atoms with Crippen LogP contribution in [0, 0.1) is 5.92 Å². The van der Waals surface area contributed by atoms with Gasteiger partial charge < -0.3 is 44.5 Å². The van der Waals surface area contributed by atoms with Crippen molar-refractivity contribution in [3.8, 4) is 40.0 Å². The molecule has 4 N–H and O–H groups in total. The van der Waals surface area contributed by atoms with Gasteiger partial charge in [-0.2, -0.15) is 0 Å². The molecule has 3 unspecified atom stereocenters. The third kappa shape index (κ3) is 8.78. The van der Waals surface area contributed by atoms with E-state index in [0.29, 0.717) is 98.0 Å². The van der Waals surface area contributed by atoms with Crippen LogP contribution in [0.2, 0.25) is 0 Å². The molecule has 19 heteroatoms. The molecule has 0 spiro atoms. The molecule has 2 aromatic carbocycles. The summed E-state index contributed by atoms with van der Waals surface area (Å²) in [7, 11) is 0. The van der Waals surface area contributed by atoms with E-state index in [0.717, 1.165) is 35.2 Å². The third-order valence-electron chi connectivity index (χ3n) is 15.6. The molecule has 7 heterocycles. The van der Waals surface area contributed by atoms with Gasteiger partial charge in [0.2, 0.25) is 11.7 Å². The van der Waals surface area contributed by atoms with Crippen molar-refractivity contribution in [2.24, 2.45) is 5.92 Å². The molecule has 2 fully saturated rings. The molecule has 388 valence electrons. The summed E-state index contributed by atoms with van der Waals surface area (Å²) in [6.45, 7) is 15.1. The minimum Gasteiger partial charge on any atom is -0.508 e. The number of hydrogen-bond acceptors (Lipinski definition) is 14. The molecule has 0 bridgehead atoms. The van der Waals surface area contributed by atoms with E-state index in [-0.39, 0.29) is 89.3 Å². The average Bonchev–Trinajstić information content (AvgIpc) is 4.00. The number of ether oxygens (including phenoxy) is 2. The quantitative estimate of drug-likeness (QED) is 0.108. The number of phenolic OH excluding ortho intramolecular Hbond substituents is 2. The zero-order valence-corrected chi connectivity index (χ0v) is 42.7. The lowest BCUT2D eigenvalue weighted by Crippen LogP contribution is -2.57. The summed E-state index contributed by atoms with van der Waals surface area (Å²) in [6, 6.07) is 9.41. The fourth-order valence-electron chi connectivity index (χ4n) is 11.4. The highest BCUT2D eigenvalue weighted by atomic mass is 16.6. The molecule has 74 heavy (non-hydrogen) atoms. The molecule has 10 rings (SSSR count). The molecule has 0 saturated carbocycles. The summed E-state index contributed by atoms with van der Waals surface area (Å²) in [4.78, 5) is 78.2. The number of pyridine rings is 2. The van der Waals surface area contributed by atoms with Crippen molar-refractivity contribution >= 4 is 34.8 Å². The van der Waals surface area contributed by atoms with E-state index in [1.165, 1.54) is 6.07 Å². The standard InChI is InChI=1S/C55H63N9O10/c1-7-36-38-22-35(14-15-43(38)57-47-40(36)28-63-44(47)24-42-41(52(63)69)29-73-53(70)55(42,72)8-2)74-54(71)62-21-20-61(26-31(62)6)51(68)33-16-18-60(19-17-33)27-32-10-12-34(13-11-32)64-48(58-59-49(64)50(67)56-9-3)39-23-37(30(4)5)45(65)25-46(39)66/h10-12,14-15,22-25,30-31,33-34,65-66,72H,7-9,13,16-21,26-29H2,1-6H3,(H,56,67). The number of aromatic hydroxyl groups is 2. The van der Waals surface area contributed by atoms with Crippen LogP contribution in [0.1, 0.15) is 118 Å². The zero-order chi connectivity index (χ0) is 52.3. The van der Waals surface area contributed by atoms with Gasteiger partial charge in [-0.3, -0.25) is 23.9 Å². The second-order valence-electron chi connectivity index (χ2n) is 20.4. The number of allylic oxidation sites excluding steroid dienone is 2. The highest BCUT2D eigenvalue weighted by Gasteiger charge is 2.46. The number of nitrogens with one attached hydrogen (secondary N) is 1. The Balaban J connectivity index is 0.743. The van der Waals surface area contributed by atoms with Crippen molar-refractivity contribution in [3.63, 3.8) is 0 Å². The fourth-order valence-corrected chi connectivity index (χ4v) is 11.4. The van der Waals surface area contributed by atoms with Crippen LogP contribution in [0.3, 0.4) is 0 Å². The number of piperazine rings is 1. The fraction of sp³-hybridized carbons (Fsp3) is 0.455. The van der Waals surface area contributed by atoms with Crippen molar-refractivity contribution < 1.29 is 44.0 Å². The number of hydrogen-bond donors (Lipinski definition) is 4. The Bertz CT molecular complexity index is 3240. The second kappa shape index (κ2) is 19.8. The molecule has 19 nitrogen and oxygen atoms in total. The maximum atomic E-state index is 14.0. The Hall–Kier alpha value is -7.38. The van der Waals surface area contributed by atoms with Gasteiger partial charge in [-0.1, -0.05) is 45.9 Å². The van der Waals surface area contributed by atoms with Gasteiger partial charge in [-0.15, -0.1) is 10.2 Å². The average molecular weight is 1010 g/mol. The summed E-state index contributed by atoms with van der Waals surface area (Å²) >= 11 is 0. The van der Waals surface area contributed by atoms with Crippen molar-refractivity contribution in [1.82, 2.24) is 44.3 Å². The van der Waals surface area contributed by atoms with Crippen molar-refractivity contribution in [2.75, 3.05) is 45.8 Å². The number of esters is 1. The van der Waals surface area contributed by atoms with Crippen LogP contribution in [0.4, 0.5) is 4.79 Å². The topological polar surface area (TPSA) is 235 Å². The van der Waals surface area contributed by atoms with E-state index in [1.807, 2.05) is 51.7 Å². The number of amides is 3. The largest absolute Gasteiger partial charge is 0.508 e. The first-order valence-corrected chi connectivity index (χ1v) is 25.8. The van der Waals surface area contributed by atoms with Crippen LogP contribution >= 0.6 is 0 Å². The lowest BCUT2D eigenvalue weighted by atomic mass is 9.86. The van der Waals surface area contributed by atoms with E-state index in [2.05, 4.69) is 32.6 Å². The first-order chi connectivity index (χ1) is 35.5. The lowest BCUT2D eigenvalue weighted by molar-refractivity contribution is -0.172. The minimum atomic E-state index is -1.92. The van der Waals surface area contributed by atoms with Gasteiger partial charge in [-0.05, 0) is 112 Å². The molecule has 2 saturated heterocycles. The first kappa shape index (κ1) is 50.2. The summed E-state index contributed by atoms with van der Waals surface area (Å²) in [5.41, 5.74) is 4.00. The van der Waals surface area contributed by atoms with E-state index in [4.69, 9.17) is 14.5 Å². The van der Waals surface area contributed by atoms with Gasteiger partial charge in [0.15, 0.2) is 11.4 Å². The van der Waals surface area contributed by atoms with Crippen LogP contribution in [-0.4, -0.2) is 130 Å². The lowest BCUT2D eigenvalue weighted by Gasteiger charge is -2.41. The van der Waals surface area contributed by atoms with Gasteiger partial charge in [0, 0.05) is 67.3 Å². The number of carbonyl (C=O) groups excluding carboxylic acids is 4. The minimum absolute atomic E-state index is 0.0164. The number of aromatic nitrogens is 5. The van der Waals surface area contributed by atoms with Crippen LogP contribution in [0.5, 0.6) is 17.2 Å². The highest BCUT2D eigenvalue weighted by Crippen LogP contribution is 2.42. The van der Waals surface area contributed by atoms with Crippen molar-refractivity contribution in [3.05, 3.63) is 104 Å². The Morgan fingerprint density at radius 2 is 1.76 bits per heavy atom. The second-order valence-corrected chi connectivity index (χ2v) is 20.4. The van der Waals surface area contributed by atoms with Crippen molar-refractivity contribution in [2.45, 2.75) is 110 Å². The van der Waals surface area contributed by atoms with Gasteiger partial charge in [-0.25, -0.2) is 14.6 Å². The number of aliphatic hydroxyl groups is 1. The smallest absolute Gasteiger partial charge is 0.415 e. The van der Waals surface area contributed by atoms with Crippen LogP contribution in [0.15, 0.2) is 65.0 Å². The highest BCUT2D eigenvalue weighted by molar-refractivity contribution is 5.92. The number of benzene rings is 2. The van der Waals surface area contributed by atoms with E-state index in [9.17, 15) is 39.3 Å². The Labute approximate surface area is 428 Å². The molecular formula is C55H63N9O10. The predicted molar refractivity (Wildman–Crippen MR) is 274 cm³/mol. The number of rotatable bonds is 11. The van der Waals surface area contributed by atoms with Crippen LogP contribution in [-0.2, 0) is 39.5 Å². The Kier molecular flexibility index (Phi) is 13.4. The monoisotopic (exact) mass is 1010 g/mol. The molecule has 3 atom stereocenters. The molecule has 0 radical (unpaired) electrons. The Morgan fingerprint density at radius 3 is 2.45 bits per heavy atom. The maximum Gasteiger partial charge on any atom is 0.415 e. The molecule has 5 aliphatic rings. The van der Waals surface area contributed by atoms with Gasteiger partial charge in [0.1, 0.15) is 23.9 Å². The summed E-state index contributed by atoms with van der Waals surface area (Å²) < 4.78 is 14.6. The SMILES string of the molecule is CCNC(=O)c1nnc(-c2cc(C(C)C)c(O)cc2O)n1C1C=CC(CN2CCC(C(=O)N3CCN(C(=O)Oc4ccc5nc6c(c(CC)c5c4)Cn4c-6cc5c(c4=O)COC(=O)C5(O)CC)C(C)C3)CC2)=CC1. The van der Waals surface area contributed by atoms with Crippen molar-refractivity contribution in [1.29, 1.82) is 0 Å².